The molecule has 132 valence electrons. The SMILES string of the molecule is CC(C)(C)c1ccc(C(=O)[C@@H]2CCCN(Cc3cccnc3)C2)cc1. The summed E-state index contributed by atoms with van der Waals surface area (Å²) >= 11 is 0. The predicted molar refractivity (Wildman–Crippen MR) is 102 cm³/mol. The first-order valence-corrected chi connectivity index (χ1v) is 9.19. The van der Waals surface area contributed by atoms with E-state index in [1.807, 2.05) is 24.4 Å². The molecule has 3 heteroatoms. The number of Topliss-reactive ketones (excluding diaryl/α,β-unsaturated/α-hetero) is 1. The van der Waals surface area contributed by atoms with Gasteiger partial charge in [0.05, 0.1) is 0 Å². The lowest BCUT2D eigenvalue weighted by atomic mass is 9.85. The lowest BCUT2D eigenvalue weighted by Crippen LogP contribution is -2.38. The molecule has 1 aliphatic rings. The highest BCUT2D eigenvalue weighted by Gasteiger charge is 2.27. The minimum absolute atomic E-state index is 0.103. The Morgan fingerprint density at radius 1 is 1.20 bits per heavy atom. The van der Waals surface area contributed by atoms with E-state index in [1.165, 1.54) is 11.1 Å². The number of nitrogens with zero attached hydrogens (tertiary/aromatic N) is 2. The molecule has 1 saturated heterocycles. The summed E-state index contributed by atoms with van der Waals surface area (Å²) in [4.78, 5) is 19.5. The van der Waals surface area contributed by atoms with E-state index in [0.29, 0.717) is 0 Å². The molecule has 3 nitrogen and oxygen atoms in total. The second-order valence-corrected chi connectivity index (χ2v) is 8.13. The van der Waals surface area contributed by atoms with Gasteiger partial charge in [0.25, 0.3) is 0 Å². The molecule has 0 unspecified atom stereocenters. The third-order valence-corrected chi connectivity index (χ3v) is 5.04. The van der Waals surface area contributed by atoms with Gasteiger partial charge in [-0.15, -0.1) is 0 Å². The van der Waals surface area contributed by atoms with Gasteiger partial charge in [0, 0.05) is 37.0 Å². The monoisotopic (exact) mass is 336 g/mol. The van der Waals surface area contributed by atoms with E-state index >= 15 is 0 Å². The first-order chi connectivity index (χ1) is 11.9. The molecular formula is C22H28N2O. The minimum atomic E-state index is 0.103. The largest absolute Gasteiger partial charge is 0.298 e. The molecule has 0 bridgehead atoms. The van der Waals surface area contributed by atoms with Crippen LogP contribution in [0.3, 0.4) is 0 Å². The van der Waals surface area contributed by atoms with Gasteiger partial charge in [-0.25, -0.2) is 0 Å². The number of hydrogen-bond acceptors (Lipinski definition) is 3. The van der Waals surface area contributed by atoms with Crippen LogP contribution in [0.15, 0.2) is 48.8 Å². The number of benzene rings is 1. The van der Waals surface area contributed by atoms with Crippen LogP contribution in [0.4, 0.5) is 0 Å². The predicted octanol–water partition coefficient (Wildman–Crippen LogP) is 4.47. The quantitative estimate of drug-likeness (QED) is 0.772. The molecule has 1 aromatic carbocycles. The molecule has 25 heavy (non-hydrogen) atoms. The zero-order valence-corrected chi connectivity index (χ0v) is 15.5. The van der Waals surface area contributed by atoms with Gasteiger partial charge >= 0.3 is 0 Å². The summed E-state index contributed by atoms with van der Waals surface area (Å²) in [5.41, 5.74) is 3.45. The Morgan fingerprint density at radius 2 is 1.96 bits per heavy atom. The number of carbonyl (C=O) groups excluding carboxylic acids is 1. The fourth-order valence-corrected chi connectivity index (χ4v) is 3.53. The van der Waals surface area contributed by atoms with E-state index in [2.05, 4.69) is 48.9 Å². The van der Waals surface area contributed by atoms with Crippen molar-refractivity contribution in [2.24, 2.45) is 5.92 Å². The van der Waals surface area contributed by atoms with Crippen LogP contribution in [0.1, 0.15) is 55.1 Å². The highest BCUT2D eigenvalue weighted by Crippen LogP contribution is 2.25. The third-order valence-electron chi connectivity index (χ3n) is 5.04. The Hall–Kier alpha value is -2.00. The Labute approximate surface area is 151 Å². The van der Waals surface area contributed by atoms with Crippen LogP contribution in [0.5, 0.6) is 0 Å². The lowest BCUT2D eigenvalue weighted by Gasteiger charge is -2.32. The van der Waals surface area contributed by atoms with Gasteiger partial charge < -0.3 is 0 Å². The number of carbonyl (C=O) groups is 1. The molecule has 0 spiro atoms. The van der Waals surface area contributed by atoms with Crippen LogP contribution in [0.2, 0.25) is 0 Å². The molecular weight excluding hydrogens is 308 g/mol. The van der Waals surface area contributed by atoms with Crippen LogP contribution in [-0.4, -0.2) is 28.8 Å². The van der Waals surface area contributed by atoms with E-state index in [9.17, 15) is 4.79 Å². The molecule has 1 atom stereocenters. The van der Waals surface area contributed by atoms with Gasteiger partial charge in [0.15, 0.2) is 5.78 Å². The van der Waals surface area contributed by atoms with Gasteiger partial charge in [0.1, 0.15) is 0 Å². The summed E-state index contributed by atoms with van der Waals surface area (Å²) in [7, 11) is 0. The Kier molecular flexibility index (Phi) is 5.33. The van der Waals surface area contributed by atoms with Crippen LogP contribution in [-0.2, 0) is 12.0 Å². The van der Waals surface area contributed by atoms with Crippen molar-refractivity contribution >= 4 is 5.78 Å². The second-order valence-electron chi connectivity index (χ2n) is 8.13. The highest BCUT2D eigenvalue weighted by atomic mass is 16.1. The number of likely N-dealkylation sites (tertiary alicyclic amines) is 1. The zero-order chi connectivity index (χ0) is 17.9. The molecule has 1 aliphatic heterocycles. The molecule has 0 radical (unpaired) electrons. The van der Waals surface area contributed by atoms with Gasteiger partial charge in [-0.2, -0.15) is 0 Å². The third kappa shape index (κ3) is 4.55. The topological polar surface area (TPSA) is 33.2 Å². The molecule has 1 aromatic heterocycles. The number of aromatic nitrogens is 1. The maximum Gasteiger partial charge on any atom is 0.167 e. The summed E-state index contributed by atoms with van der Waals surface area (Å²) in [6.07, 6.45) is 5.78. The van der Waals surface area contributed by atoms with Gasteiger partial charge in [-0.1, -0.05) is 51.1 Å². The Bertz CT molecular complexity index is 701. The van der Waals surface area contributed by atoms with Crippen molar-refractivity contribution in [3.05, 3.63) is 65.5 Å². The fraction of sp³-hybridized carbons (Fsp3) is 0.455. The lowest BCUT2D eigenvalue weighted by molar-refractivity contribution is 0.0811. The van der Waals surface area contributed by atoms with Crippen molar-refractivity contribution in [2.75, 3.05) is 13.1 Å². The normalized spacial score (nSPS) is 18.9. The summed E-state index contributed by atoms with van der Waals surface area (Å²) in [5.74, 6) is 0.391. The number of pyridine rings is 1. The number of hydrogen-bond donors (Lipinski definition) is 0. The van der Waals surface area contributed by atoms with Crippen molar-refractivity contribution in [1.29, 1.82) is 0 Å². The van der Waals surface area contributed by atoms with E-state index in [1.54, 1.807) is 6.20 Å². The Morgan fingerprint density at radius 3 is 2.60 bits per heavy atom. The van der Waals surface area contributed by atoms with Gasteiger partial charge in [-0.3, -0.25) is 14.7 Å². The second kappa shape index (κ2) is 7.49. The Balaban J connectivity index is 1.65. The zero-order valence-electron chi connectivity index (χ0n) is 15.5. The van der Waals surface area contributed by atoms with E-state index < -0.39 is 0 Å². The molecule has 3 rings (SSSR count). The fourth-order valence-electron chi connectivity index (χ4n) is 3.53. The number of ketones is 1. The van der Waals surface area contributed by atoms with Crippen LogP contribution in [0.25, 0.3) is 0 Å². The number of rotatable bonds is 4. The standard InChI is InChI=1S/C22H28N2O/c1-22(2,3)20-10-8-18(9-11-20)21(25)19-7-5-13-24(16-19)15-17-6-4-12-23-14-17/h4,6,8-12,14,19H,5,7,13,15-16H2,1-3H3/t19-/m1/s1. The van der Waals surface area contributed by atoms with Gasteiger partial charge in [-0.05, 0) is 42.0 Å². The summed E-state index contributed by atoms with van der Waals surface area (Å²) in [5, 5.41) is 0. The molecule has 2 heterocycles. The van der Waals surface area contributed by atoms with Crippen LogP contribution in [0, 0.1) is 5.92 Å². The van der Waals surface area contributed by atoms with Crippen molar-refractivity contribution in [2.45, 2.75) is 45.6 Å². The van der Waals surface area contributed by atoms with Crippen molar-refractivity contribution < 1.29 is 4.79 Å². The van der Waals surface area contributed by atoms with Crippen molar-refractivity contribution in [3.8, 4) is 0 Å². The molecule has 0 amide bonds. The van der Waals surface area contributed by atoms with E-state index in [4.69, 9.17) is 0 Å². The first-order valence-electron chi connectivity index (χ1n) is 9.19. The van der Waals surface area contributed by atoms with Crippen molar-refractivity contribution in [1.82, 2.24) is 9.88 Å². The average molecular weight is 336 g/mol. The van der Waals surface area contributed by atoms with E-state index in [0.717, 1.165) is 38.0 Å². The smallest absolute Gasteiger partial charge is 0.167 e. The molecule has 1 fully saturated rings. The average Bonchev–Trinajstić information content (AvgIpc) is 2.61. The first kappa shape index (κ1) is 17.8. The van der Waals surface area contributed by atoms with E-state index in [-0.39, 0.29) is 17.1 Å². The molecule has 0 saturated carbocycles. The maximum absolute atomic E-state index is 12.9. The van der Waals surface area contributed by atoms with Crippen molar-refractivity contribution in [3.63, 3.8) is 0 Å². The van der Waals surface area contributed by atoms with Gasteiger partial charge in [0.2, 0.25) is 0 Å². The summed E-state index contributed by atoms with van der Waals surface area (Å²) in [6, 6.07) is 12.3. The molecule has 2 aromatic rings. The maximum atomic E-state index is 12.9. The highest BCUT2D eigenvalue weighted by molar-refractivity contribution is 5.98. The summed E-state index contributed by atoms with van der Waals surface area (Å²) < 4.78 is 0. The minimum Gasteiger partial charge on any atom is -0.298 e. The van der Waals surface area contributed by atoms with Crippen LogP contribution >= 0.6 is 0 Å². The van der Waals surface area contributed by atoms with Crippen LogP contribution < -0.4 is 0 Å². The molecule has 0 N–H and O–H groups in total. The molecule has 0 aliphatic carbocycles. The number of piperidine rings is 1. The summed E-state index contributed by atoms with van der Waals surface area (Å²) in [6.45, 7) is 9.36.